The third-order valence-electron chi connectivity index (χ3n) is 7.64. The van der Waals surface area contributed by atoms with Gasteiger partial charge in [0.1, 0.15) is 11.3 Å². The number of hydrogen-bond donors (Lipinski definition) is 2. The number of hydrogen-bond acceptors (Lipinski definition) is 6. The summed E-state index contributed by atoms with van der Waals surface area (Å²) in [5.74, 6) is -0.355. The highest BCUT2D eigenvalue weighted by molar-refractivity contribution is 5.80. The maximum Gasteiger partial charge on any atom is 0.303 e. The van der Waals surface area contributed by atoms with Gasteiger partial charge in [0.05, 0.1) is 31.8 Å². The second kappa shape index (κ2) is 14.8. The van der Waals surface area contributed by atoms with Crippen LogP contribution in [0.1, 0.15) is 78.9 Å². The van der Waals surface area contributed by atoms with Crippen molar-refractivity contribution in [3.05, 3.63) is 88.5 Å². The topological polar surface area (TPSA) is 107 Å². The Morgan fingerprint density at radius 1 is 1.00 bits per heavy atom. The monoisotopic (exact) mass is 559 g/mol. The first-order chi connectivity index (χ1) is 19.9. The number of benzene rings is 3. The standard InChI is InChI=1S/C33H41N3O5/c1-23-28(27(21-32(38)39)14-12-25-13-17-31(40-3)29(20-25)24(2)37)15-16-30-33(23)34-35-36(30)18-8-5-9-19-41-22-26-10-6-4-7-11-26/h4,6-7,10-11,13,15-17,20,24,27,37H,5,8-9,12,14,18-19,21-22H2,1-3H3,(H,38,39). The maximum atomic E-state index is 11.8. The van der Waals surface area contributed by atoms with E-state index in [-0.39, 0.29) is 12.3 Å². The van der Waals surface area contributed by atoms with Crippen molar-refractivity contribution in [2.75, 3.05) is 13.7 Å². The summed E-state index contributed by atoms with van der Waals surface area (Å²) in [7, 11) is 1.59. The number of carbonyl (C=O) groups is 1. The summed E-state index contributed by atoms with van der Waals surface area (Å²) < 4.78 is 13.1. The fourth-order valence-corrected chi connectivity index (χ4v) is 5.38. The van der Waals surface area contributed by atoms with Crippen LogP contribution >= 0.6 is 0 Å². The quantitative estimate of drug-likeness (QED) is 0.153. The Balaban J connectivity index is 1.36. The highest BCUT2D eigenvalue weighted by atomic mass is 16.5. The van der Waals surface area contributed by atoms with Crippen LogP contribution in [0.15, 0.2) is 60.7 Å². The lowest BCUT2D eigenvalue weighted by atomic mass is 9.86. The number of aryl methyl sites for hydroxylation is 3. The molecule has 2 atom stereocenters. The molecular formula is C33H41N3O5. The molecule has 0 spiro atoms. The number of aliphatic carboxylic acids is 1. The highest BCUT2D eigenvalue weighted by Crippen LogP contribution is 2.33. The summed E-state index contributed by atoms with van der Waals surface area (Å²) in [6.07, 6.45) is 3.73. The van der Waals surface area contributed by atoms with Crippen LogP contribution in [0, 0.1) is 6.92 Å². The number of carboxylic acid groups (broad SMARTS) is 1. The molecule has 8 nitrogen and oxygen atoms in total. The van der Waals surface area contributed by atoms with Gasteiger partial charge in [0, 0.05) is 18.7 Å². The zero-order valence-electron chi connectivity index (χ0n) is 24.3. The van der Waals surface area contributed by atoms with E-state index >= 15 is 0 Å². The SMILES string of the molecule is COc1ccc(CCC(CC(=O)O)c2ccc3c(nnn3CCCCCOCc3ccccc3)c2C)cc1C(C)O. The van der Waals surface area contributed by atoms with Gasteiger partial charge in [0.25, 0.3) is 0 Å². The first-order valence-corrected chi connectivity index (χ1v) is 14.4. The van der Waals surface area contributed by atoms with E-state index in [9.17, 15) is 15.0 Å². The zero-order chi connectivity index (χ0) is 29.2. The predicted molar refractivity (Wildman–Crippen MR) is 159 cm³/mol. The minimum absolute atomic E-state index is 0.0340. The summed E-state index contributed by atoms with van der Waals surface area (Å²) in [6, 6.07) is 20.0. The molecule has 0 aliphatic rings. The molecule has 0 fully saturated rings. The fraction of sp³-hybridized carbons (Fsp3) is 0.424. The molecule has 0 bridgehead atoms. The summed E-state index contributed by atoms with van der Waals surface area (Å²) in [5, 5.41) is 28.7. The van der Waals surface area contributed by atoms with Gasteiger partial charge in [0.15, 0.2) is 0 Å². The number of carboxylic acids is 1. The van der Waals surface area contributed by atoms with Crippen molar-refractivity contribution in [2.24, 2.45) is 0 Å². The molecular weight excluding hydrogens is 518 g/mol. The molecule has 41 heavy (non-hydrogen) atoms. The summed E-state index contributed by atoms with van der Waals surface area (Å²) in [6.45, 7) is 5.87. The van der Waals surface area contributed by atoms with Gasteiger partial charge < -0.3 is 19.7 Å². The first kappa shape index (κ1) is 30.2. The minimum Gasteiger partial charge on any atom is -0.496 e. The summed E-state index contributed by atoms with van der Waals surface area (Å²) >= 11 is 0. The number of aliphatic hydroxyl groups excluding tert-OH is 1. The number of fused-ring (bicyclic) bond motifs is 1. The number of methoxy groups -OCH3 is 1. The molecule has 0 amide bonds. The molecule has 0 aliphatic carbocycles. The molecule has 1 heterocycles. The second-order valence-electron chi connectivity index (χ2n) is 10.6. The van der Waals surface area contributed by atoms with Crippen molar-refractivity contribution < 1.29 is 24.5 Å². The molecule has 2 N–H and O–H groups in total. The third kappa shape index (κ3) is 8.15. The van der Waals surface area contributed by atoms with E-state index in [1.165, 1.54) is 5.56 Å². The average Bonchev–Trinajstić information content (AvgIpc) is 3.39. The van der Waals surface area contributed by atoms with Gasteiger partial charge in [-0.25, -0.2) is 4.68 Å². The Bertz CT molecular complexity index is 1420. The number of ether oxygens (including phenoxy) is 2. The molecule has 0 aliphatic heterocycles. The molecule has 218 valence electrons. The van der Waals surface area contributed by atoms with Crippen LogP contribution in [-0.2, 0) is 29.1 Å². The number of nitrogens with zero attached hydrogens (tertiary/aromatic N) is 3. The van der Waals surface area contributed by atoms with Gasteiger partial charge >= 0.3 is 5.97 Å². The van der Waals surface area contributed by atoms with E-state index in [0.717, 1.165) is 65.7 Å². The Labute approximate surface area is 241 Å². The van der Waals surface area contributed by atoms with Gasteiger partial charge in [-0.15, -0.1) is 5.10 Å². The Hall–Kier alpha value is -3.75. The zero-order valence-corrected chi connectivity index (χ0v) is 24.3. The number of rotatable bonds is 16. The third-order valence-corrected chi connectivity index (χ3v) is 7.64. The Morgan fingerprint density at radius 3 is 2.54 bits per heavy atom. The molecule has 4 rings (SSSR count). The van der Waals surface area contributed by atoms with Crippen LogP contribution < -0.4 is 4.74 Å². The van der Waals surface area contributed by atoms with Gasteiger partial charge in [-0.1, -0.05) is 47.7 Å². The van der Waals surface area contributed by atoms with Crippen molar-refractivity contribution in [1.82, 2.24) is 15.0 Å². The van der Waals surface area contributed by atoms with E-state index in [1.54, 1.807) is 14.0 Å². The second-order valence-corrected chi connectivity index (χ2v) is 10.6. The maximum absolute atomic E-state index is 11.8. The molecule has 3 aromatic carbocycles. The lowest BCUT2D eigenvalue weighted by Crippen LogP contribution is -2.10. The fourth-order valence-electron chi connectivity index (χ4n) is 5.38. The van der Waals surface area contributed by atoms with Gasteiger partial charge in [-0.3, -0.25) is 4.79 Å². The smallest absolute Gasteiger partial charge is 0.303 e. The molecule has 0 saturated carbocycles. The van der Waals surface area contributed by atoms with E-state index < -0.39 is 12.1 Å². The number of aliphatic hydroxyl groups is 1. The average molecular weight is 560 g/mol. The normalized spacial score (nSPS) is 12.9. The largest absolute Gasteiger partial charge is 0.496 e. The Kier molecular flexibility index (Phi) is 10.9. The van der Waals surface area contributed by atoms with E-state index in [0.29, 0.717) is 25.2 Å². The first-order valence-electron chi connectivity index (χ1n) is 14.4. The van der Waals surface area contributed by atoms with E-state index in [1.807, 2.05) is 60.1 Å². The van der Waals surface area contributed by atoms with Crippen LogP contribution in [0.2, 0.25) is 0 Å². The molecule has 2 unspecified atom stereocenters. The van der Waals surface area contributed by atoms with Gasteiger partial charge in [-0.05, 0) is 92.3 Å². The van der Waals surface area contributed by atoms with Crippen LogP contribution in [0.3, 0.4) is 0 Å². The van der Waals surface area contributed by atoms with Gasteiger partial charge in [0.2, 0.25) is 0 Å². The van der Waals surface area contributed by atoms with E-state index in [2.05, 4.69) is 22.4 Å². The molecule has 8 heteroatoms. The molecule has 4 aromatic rings. The van der Waals surface area contributed by atoms with Crippen LogP contribution in [0.5, 0.6) is 5.75 Å². The van der Waals surface area contributed by atoms with Crippen LogP contribution in [-0.4, -0.2) is 44.9 Å². The number of unbranched alkanes of at least 4 members (excludes halogenated alkanes) is 2. The highest BCUT2D eigenvalue weighted by Gasteiger charge is 2.21. The van der Waals surface area contributed by atoms with Crippen molar-refractivity contribution in [2.45, 2.75) is 77.5 Å². The minimum atomic E-state index is -0.828. The van der Waals surface area contributed by atoms with Crippen LogP contribution in [0.4, 0.5) is 0 Å². The lowest BCUT2D eigenvalue weighted by Gasteiger charge is -2.19. The lowest BCUT2D eigenvalue weighted by molar-refractivity contribution is -0.137. The van der Waals surface area contributed by atoms with Crippen molar-refractivity contribution >= 4 is 17.0 Å². The summed E-state index contributed by atoms with van der Waals surface area (Å²) in [5.41, 5.74) is 6.72. The predicted octanol–water partition coefficient (Wildman–Crippen LogP) is 6.38. The number of aromatic nitrogens is 3. The van der Waals surface area contributed by atoms with Crippen molar-refractivity contribution in [3.63, 3.8) is 0 Å². The van der Waals surface area contributed by atoms with E-state index in [4.69, 9.17) is 9.47 Å². The van der Waals surface area contributed by atoms with Crippen LogP contribution in [0.25, 0.3) is 11.0 Å². The van der Waals surface area contributed by atoms with Gasteiger partial charge in [-0.2, -0.15) is 0 Å². The van der Waals surface area contributed by atoms with Crippen molar-refractivity contribution in [1.29, 1.82) is 0 Å². The summed E-state index contributed by atoms with van der Waals surface area (Å²) in [4.78, 5) is 11.8. The molecule has 1 aromatic heterocycles. The molecule has 0 saturated heterocycles. The molecule has 0 radical (unpaired) electrons. The van der Waals surface area contributed by atoms with Crippen molar-refractivity contribution in [3.8, 4) is 5.75 Å². The Morgan fingerprint density at radius 2 is 1.80 bits per heavy atom.